The van der Waals surface area contributed by atoms with Gasteiger partial charge in [0.15, 0.2) is 0 Å². The van der Waals surface area contributed by atoms with E-state index in [9.17, 15) is 19.8 Å². The van der Waals surface area contributed by atoms with E-state index in [4.69, 9.17) is 9.47 Å². The molecule has 0 spiro atoms. The van der Waals surface area contributed by atoms with E-state index in [1.54, 1.807) is 24.3 Å². The number of H-pyrrole nitrogens is 2. The van der Waals surface area contributed by atoms with Crippen LogP contribution in [0.5, 0.6) is 11.5 Å². The molecule has 9 nitrogen and oxygen atoms in total. The van der Waals surface area contributed by atoms with Gasteiger partial charge in [0, 0.05) is 13.1 Å². The number of fused-ring (bicyclic) bond motifs is 1. The van der Waals surface area contributed by atoms with E-state index in [1.165, 1.54) is 0 Å². The summed E-state index contributed by atoms with van der Waals surface area (Å²) in [6.45, 7) is 9.33. The number of carbonyl (C=O) groups is 1. The molecule has 4 rings (SSSR count). The summed E-state index contributed by atoms with van der Waals surface area (Å²) in [7, 11) is 0. The first-order valence-electron chi connectivity index (χ1n) is 13.0. The lowest BCUT2D eigenvalue weighted by atomic mass is 9.91. The van der Waals surface area contributed by atoms with Crippen molar-refractivity contribution in [2.24, 2.45) is 0 Å². The van der Waals surface area contributed by atoms with Crippen LogP contribution in [0.15, 0.2) is 53.3 Å². The molecule has 9 heteroatoms. The second-order valence-electron chi connectivity index (χ2n) is 9.98. The van der Waals surface area contributed by atoms with Gasteiger partial charge in [0.2, 0.25) is 0 Å². The number of aryl methyl sites for hydroxylation is 2. The van der Waals surface area contributed by atoms with Gasteiger partial charge in [0.1, 0.15) is 36.3 Å². The molecule has 3 aromatic carbocycles. The molecule has 0 saturated carbocycles. The number of ether oxygens (including phenoxy) is 2. The smallest absolute Gasteiger partial charge is 0.335 e. The molecule has 0 bridgehead atoms. The number of benzene rings is 3. The van der Waals surface area contributed by atoms with Crippen LogP contribution < -0.4 is 20.5 Å². The summed E-state index contributed by atoms with van der Waals surface area (Å²) in [4.78, 5) is 28.5. The number of nitrogens with one attached hydrogen (secondary N) is 3. The molecule has 0 fully saturated rings. The monoisotopic (exact) mass is 533 g/mol. The number of hydrogen-bond acceptors (Lipinski definition) is 6. The molecular formula is C30H35N3O6. The van der Waals surface area contributed by atoms with E-state index in [-0.39, 0.29) is 18.2 Å². The van der Waals surface area contributed by atoms with Crippen LogP contribution in [0.3, 0.4) is 0 Å². The highest BCUT2D eigenvalue weighted by molar-refractivity contribution is 5.90. The number of imidazole rings is 1. The lowest BCUT2D eigenvalue weighted by Crippen LogP contribution is -2.33. The molecule has 0 radical (unpaired) electrons. The normalized spacial score (nSPS) is 12.2. The first kappa shape index (κ1) is 27.9. The maximum Gasteiger partial charge on any atom is 0.335 e. The molecule has 39 heavy (non-hydrogen) atoms. The Morgan fingerprint density at radius 1 is 1.00 bits per heavy atom. The van der Waals surface area contributed by atoms with E-state index in [2.05, 4.69) is 27.4 Å². The Balaban J connectivity index is 1.28. The number of aliphatic hydroxyl groups is 1. The fourth-order valence-corrected chi connectivity index (χ4v) is 4.65. The van der Waals surface area contributed by atoms with Crippen molar-refractivity contribution < 1.29 is 24.5 Å². The van der Waals surface area contributed by atoms with Crippen LogP contribution in [0.2, 0.25) is 0 Å². The number of aromatic carboxylic acids is 1. The number of hydrogen-bond donors (Lipinski definition) is 5. The number of para-hydroxylation sites is 1. The molecule has 1 aromatic heterocycles. The minimum Gasteiger partial charge on any atom is -0.492 e. The lowest BCUT2D eigenvalue weighted by molar-refractivity contribution is 0.0695. The predicted octanol–water partition coefficient (Wildman–Crippen LogP) is 4.37. The minimum absolute atomic E-state index is 0.0752. The van der Waals surface area contributed by atoms with Gasteiger partial charge in [0.05, 0.1) is 11.1 Å². The van der Waals surface area contributed by atoms with Crippen LogP contribution >= 0.6 is 0 Å². The van der Waals surface area contributed by atoms with Gasteiger partial charge < -0.3 is 35.0 Å². The fraction of sp³-hybridized carbons (Fsp3) is 0.333. The Morgan fingerprint density at radius 2 is 1.74 bits per heavy atom. The summed E-state index contributed by atoms with van der Waals surface area (Å²) < 4.78 is 11.7. The summed E-state index contributed by atoms with van der Waals surface area (Å²) in [6.07, 6.45) is -0.739. The largest absolute Gasteiger partial charge is 0.492 e. The number of carboxylic acids is 1. The van der Waals surface area contributed by atoms with Crippen LogP contribution in [0.4, 0.5) is 0 Å². The zero-order valence-electron chi connectivity index (χ0n) is 22.6. The van der Waals surface area contributed by atoms with Crippen molar-refractivity contribution in [2.75, 3.05) is 26.3 Å². The average molecular weight is 534 g/mol. The summed E-state index contributed by atoms with van der Waals surface area (Å²) in [5.41, 5.74) is 6.02. The number of aliphatic hydroxyl groups excluding tert-OH is 1. The Hall–Kier alpha value is -4.08. The molecule has 0 aliphatic heterocycles. The van der Waals surface area contributed by atoms with Crippen molar-refractivity contribution >= 4 is 17.0 Å². The minimum atomic E-state index is -0.915. The number of aromatic amines is 2. The highest BCUT2D eigenvalue weighted by Crippen LogP contribution is 2.32. The highest BCUT2D eigenvalue weighted by Gasteiger charge is 2.15. The number of carboxylic acid groups (broad SMARTS) is 1. The molecule has 0 aliphatic carbocycles. The maximum absolute atomic E-state index is 11.6. The van der Waals surface area contributed by atoms with E-state index in [0.717, 1.165) is 33.6 Å². The second kappa shape index (κ2) is 12.2. The van der Waals surface area contributed by atoms with Crippen molar-refractivity contribution in [3.8, 4) is 22.6 Å². The zero-order valence-corrected chi connectivity index (χ0v) is 22.6. The third-order valence-electron chi connectivity index (χ3n) is 6.55. The first-order valence-corrected chi connectivity index (χ1v) is 13.0. The topological polar surface area (TPSA) is 137 Å². The van der Waals surface area contributed by atoms with Gasteiger partial charge in [-0.25, -0.2) is 9.59 Å². The molecule has 0 saturated heterocycles. The van der Waals surface area contributed by atoms with Crippen LogP contribution in [0.25, 0.3) is 22.2 Å². The second-order valence-corrected chi connectivity index (χ2v) is 9.98. The van der Waals surface area contributed by atoms with Crippen molar-refractivity contribution in [1.29, 1.82) is 0 Å². The standard InChI is InChI=1S/C30H35N3O6/c1-17(2)24-14-20(8-9-23(24)29(35)36)21-12-18(3)28(19(4)13-21)38-11-10-31-15-22(34)16-39-26-7-5-6-25-27(26)33-30(37)32-25/h5-9,12-14,17,22,31,34H,10-11,15-16H2,1-4H3,(H,35,36)(H2,32,33,37). The van der Waals surface area contributed by atoms with E-state index in [1.807, 2.05) is 39.8 Å². The van der Waals surface area contributed by atoms with Crippen LogP contribution in [-0.2, 0) is 0 Å². The SMILES string of the molecule is Cc1cc(-c2ccc(C(=O)O)c(C(C)C)c2)cc(C)c1OCCNCC(O)COc1cccc2[nH]c(=O)[nH]c12. The summed E-state index contributed by atoms with van der Waals surface area (Å²) in [6, 6.07) is 14.9. The van der Waals surface area contributed by atoms with Crippen molar-refractivity contribution in [1.82, 2.24) is 15.3 Å². The van der Waals surface area contributed by atoms with Crippen LogP contribution in [-0.4, -0.2) is 58.6 Å². The fourth-order valence-electron chi connectivity index (χ4n) is 4.65. The quantitative estimate of drug-likeness (QED) is 0.171. The van der Waals surface area contributed by atoms with Gasteiger partial charge in [0.25, 0.3) is 0 Å². The lowest BCUT2D eigenvalue weighted by Gasteiger charge is -2.17. The van der Waals surface area contributed by atoms with E-state index < -0.39 is 12.1 Å². The van der Waals surface area contributed by atoms with Gasteiger partial charge >= 0.3 is 11.7 Å². The van der Waals surface area contributed by atoms with E-state index in [0.29, 0.717) is 42.0 Å². The number of rotatable bonds is 12. The zero-order chi connectivity index (χ0) is 28.1. The maximum atomic E-state index is 11.6. The Morgan fingerprint density at radius 3 is 2.44 bits per heavy atom. The van der Waals surface area contributed by atoms with Crippen molar-refractivity contribution in [3.63, 3.8) is 0 Å². The van der Waals surface area contributed by atoms with Gasteiger partial charge in [-0.1, -0.05) is 32.0 Å². The van der Waals surface area contributed by atoms with Gasteiger partial charge in [-0.05, 0) is 77.9 Å². The molecule has 1 unspecified atom stereocenters. The third-order valence-corrected chi connectivity index (χ3v) is 6.55. The third kappa shape index (κ3) is 6.68. The Kier molecular flexibility index (Phi) is 8.73. The molecule has 1 atom stereocenters. The highest BCUT2D eigenvalue weighted by atomic mass is 16.5. The van der Waals surface area contributed by atoms with Crippen molar-refractivity contribution in [3.05, 3.63) is 81.3 Å². The van der Waals surface area contributed by atoms with Gasteiger partial charge in [-0.15, -0.1) is 0 Å². The average Bonchev–Trinajstić information content (AvgIpc) is 3.28. The molecule has 0 aliphatic rings. The van der Waals surface area contributed by atoms with Crippen LogP contribution in [0.1, 0.15) is 46.8 Å². The molecule has 206 valence electrons. The predicted molar refractivity (Wildman–Crippen MR) is 151 cm³/mol. The summed E-state index contributed by atoms with van der Waals surface area (Å²) in [5, 5.41) is 23.0. The molecule has 0 amide bonds. The Bertz CT molecular complexity index is 1500. The molecule has 1 heterocycles. The van der Waals surface area contributed by atoms with E-state index >= 15 is 0 Å². The van der Waals surface area contributed by atoms with Crippen molar-refractivity contribution in [2.45, 2.75) is 39.7 Å². The summed E-state index contributed by atoms with van der Waals surface area (Å²) >= 11 is 0. The molecule has 5 N–H and O–H groups in total. The molecule has 4 aromatic rings. The molecular weight excluding hydrogens is 498 g/mol. The van der Waals surface area contributed by atoms with Crippen LogP contribution in [0, 0.1) is 13.8 Å². The first-order chi connectivity index (χ1) is 18.6. The Labute approximate surface area is 226 Å². The van der Waals surface area contributed by atoms with Gasteiger partial charge in [-0.3, -0.25) is 0 Å². The summed E-state index contributed by atoms with van der Waals surface area (Å²) in [5.74, 6) is 0.490. The van der Waals surface area contributed by atoms with Gasteiger partial charge in [-0.2, -0.15) is 0 Å². The number of aromatic nitrogens is 2.